The van der Waals surface area contributed by atoms with Gasteiger partial charge < -0.3 is 5.32 Å². The number of thiophene rings is 1. The lowest BCUT2D eigenvalue weighted by Crippen LogP contribution is -2.15. The third kappa shape index (κ3) is 1.97. The molecule has 0 saturated heterocycles. The number of hydrogen-bond acceptors (Lipinski definition) is 2. The van der Waals surface area contributed by atoms with Gasteiger partial charge in [0.15, 0.2) is 0 Å². The predicted octanol–water partition coefficient (Wildman–Crippen LogP) is 3.35. The summed E-state index contributed by atoms with van der Waals surface area (Å²) in [4.78, 5) is 1.30. The number of halogens is 1. The van der Waals surface area contributed by atoms with E-state index in [0.717, 1.165) is 10.0 Å². The molecule has 3 heteroatoms. The molecule has 0 aliphatic heterocycles. The Morgan fingerprint density at radius 2 is 2.42 bits per heavy atom. The van der Waals surface area contributed by atoms with Crippen molar-refractivity contribution in [2.45, 2.75) is 13.0 Å². The first kappa shape index (κ1) is 9.96. The van der Waals surface area contributed by atoms with E-state index in [1.165, 1.54) is 4.88 Å². The summed E-state index contributed by atoms with van der Waals surface area (Å²) in [7, 11) is 1.95. The van der Waals surface area contributed by atoms with E-state index in [1.54, 1.807) is 11.3 Å². The van der Waals surface area contributed by atoms with Gasteiger partial charge in [-0.1, -0.05) is 12.2 Å². The largest absolute Gasteiger partial charge is 0.309 e. The molecule has 0 fully saturated rings. The summed E-state index contributed by atoms with van der Waals surface area (Å²) in [5.74, 6) is 0. The zero-order chi connectivity index (χ0) is 9.14. The van der Waals surface area contributed by atoms with Gasteiger partial charge in [-0.05, 0) is 41.3 Å². The van der Waals surface area contributed by atoms with Crippen molar-refractivity contribution in [3.8, 4) is 0 Å². The van der Waals surface area contributed by atoms with E-state index in [1.807, 2.05) is 14.0 Å². The van der Waals surface area contributed by atoms with Gasteiger partial charge in [0.05, 0.1) is 6.04 Å². The van der Waals surface area contributed by atoms with Crippen molar-refractivity contribution >= 4 is 27.3 Å². The van der Waals surface area contributed by atoms with Gasteiger partial charge >= 0.3 is 0 Å². The molecule has 1 atom stereocenters. The smallest absolute Gasteiger partial charge is 0.0634 e. The van der Waals surface area contributed by atoms with Crippen molar-refractivity contribution < 1.29 is 0 Å². The highest BCUT2D eigenvalue weighted by atomic mass is 79.9. The van der Waals surface area contributed by atoms with Crippen LogP contribution in [-0.2, 0) is 0 Å². The maximum Gasteiger partial charge on any atom is 0.0634 e. The number of hydrogen-bond donors (Lipinski definition) is 1. The molecule has 1 heterocycles. The van der Waals surface area contributed by atoms with Crippen molar-refractivity contribution in [1.82, 2.24) is 5.32 Å². The fourth-order valence-corrected chi connectivity index (χ4v) is 2.92. The number of rotatable bonds is 3. The monoisotopic (exact) mass is 245 g/mol. The van der Waals surface area contributed by atoms with Crippen LogP contribution >= 0.6 is 27.3 Å². The van der Waals surface area contributed by atoms with Crippen LogP contribution in [0.5, 0.6) is 0 Å². The highest BCUT2D eigenvalue weighted by Gasteiger charge is 2.13. The Morgan fingerprint density at radius 3 is 2.75 bits per heavy atom. The Labute approximate surface area is 85.6 Å². The lowest BCUT2D eigenvalue weighted by molar-refractivity contribution is 0.689. The second kappa shape index (κ2) is 4.21. The van der Waals surface area contributed by atoms with Crippen LogP contribution < -0.4 is 5.32 Å². The van der Waals surface area contributed by atoms with E-state index < -0.39 is 0 Å². The molecule has 0 aliphatic rings. The van der Waals surface area contributed by atoms with Gasteiger partial charge in [0.1, 0.15) is 0 Å². The summed E-state index contributed by atoms with van der Waals surface area (Å²) in [6.07, 6.45) is 0. The fraction of sp³-hybridized carbons (Fsp3) is 0.333. The zero-order valence-corrected chi connectivity index (χ0v) is 9.63. The summed E-state index contributed by atoms with van der Waals surface area (Å²) >= 11 is 5.25. The molecule has 1 aromatic heterocycles. The van der Waals surface area contributed by atoms with Gasteiger partial charge in [0.2, 0.25) is 0 Å². The first-order valence-electron chi connectivity index (χ1n) is 3.72. The van der Waals surface area contributed by atoms with Gasteiger partial charge in [0, 0.05) is 9.35 Å². The third-order valence-corrected chi connectivity index (χ3v) is 3.62. The summed E-state index contributed by atoms with van der Waals surface area (Å²) in [6, 6.07) is 2.34. The third-order valence-electron chi connectivity index (χ3n) is 1.69. The molecule has 0 bridgehead atoms. The molecule has 1 aromatic rings. The Hall–Kier alpha value is -0.120. The average Bonchev–Trinajstić information content (AvgIpc) is 2.38. The molecular formula is C9H12BrNS. The molecule has 0 aliphatic carbocycles. The predicted molar refractivity (Wildman–Crippen MR) is 58.6 cm³/mol. The number of nitrogens with one attached hydrogen (secondary N) is 1. The molecule has 1 unspecified atom stereocenters. The van der Waals surface area contributed by atoms with Crippen LogP contribution in [0.3, 0.4) is 0 Å². The topological polar surface area (TPSA) is 12.0 Å². The van der Waals surface area contributed by atoms with E-state index in [9.17, 15) is 0 Å². The van der Waals surface area contributed by atoms with Gasteiger partial charge in [-0.15, -0.1) is 11.3 Å². The number of likely N-dealkylation sites (N-methyl/N-ethyl adjacent to an activating group) is 1. The van der Waals surface area contributed by atoms with Gasteiger partial charge in [-0.3, -0.25) is 0 Å². The maximum absolute atomic E-state index is 3.95. The molecular weight excluding hydrogens is 234 g/mol. The summed E-state index contributed by atoms with van der Waals surface area (Å²) in [6.45, 7) is 5.98. The van der Waals surface area contributed by atoms with Gasteiger partial charge in [-0.25, -0.2) is 0 Å². The molecule has 66 valence electrons. The van der Waals surface area contributed by atoms with E-state index in [4.69, 9.17) is 0 Å². The van der Waals surface area contributed by atoms with E-state index >= 15 is 0 Å². The first-order chi connectivity index (χ1) is 5.66. The van der Waals surface area contributed by atoms with Crippen LogP contribution in [0.2, 0.25) is 0 Å². The maximum atomic E-state index is 3.95. The Morgan fingerprint density at radius 1 is 1.75 bits per heavy atom. The van der Waals surface area contributed by atoms with Crippen LogP contribution in [0.15, 0.2) is 28.1 Å². The molecule has 0 spiro atoms. The minimum absolute atomic E-state index is 0.277. The van der Waals surface area contributed by atoms with Crippen molar-refractivity contribution in [1.29, 1.82) is 0 Å². The van der Waals surface area contributed by atoms with Crippen LogP contribution in [0.1, 0.15) is 17.8 Å². The van der Waals surface area contributed by atoms with Crippen molar-refractivity contribution in [2.75, 3.05) is 7.05 Å². The van der Waals surface area contributed by atoms with Crippen LogP contribution in [-0.4, -0.2) is 7.05 Å². The quantitative estimate of drug-likeness (QED) is 0.806. The lowest BCUT2D eigenvalue weighted by Gasteiger charge is -2.14. The summed E-state index contributed by atoms with van der Waals surface area (Å²) in [5.41, 5.74) is 1.14. The lowest BCUT2D eigenvalue weighted by atomic mass is 10.1. The van der Waals surface area contributed by atoms with Crippen LogP contribution in [0, 0.1) is 0 Å². The minimum Gasteiger partial charge on any atom is -0.309 e. The molecule has 12 heavy (non-hydrogen) atoms. The molecule has 0 saturated carbocycles. The highest BCUT2D eigenvalue weighted by molar-refractivity contribution is 9.10. The van der Waals surface area contributed by atoms with Crippen molar-refractivity contribution in [2.24, 2.45) is 0 Å². The fourth-order valence-electron chi connectivity index (χ4n) is 1.11. The van der Waals surface area contributed by atoms with Crippen LogP contribution in [0.4, 0.5) is 0 Å². The molecule has 1 N–H and O–H groups in total. The normalized spacial score (nSPS) is 12.9. The van der Waals surface area contributed by atoms with Gasteiger partial charge in [-0.2, -0.15) is 0 Å². The zero-order valence-electron chi connectivity index (χ0n) is 7.23. The molecule has 1 nitrogen and oxygen atoms in total. The molecule has 0 amide bonds. The minimum atomic E-state index is 0.277. The second-order valence-electron chi connectivity index (χ2n) is 2.70. The molecule has 1 rings (SSSR count). The van der Waals surface area contributed by atoms with E-state index in [-0.39, 0.29) is 6.04 Å². The molecule has 0 radical (unpaired) electrons. The second-order valence-corrected chi connectivity index (χ2v) is 4.50. The summed E-state index contributed by atoms with van der Waals surface area (Å²) < 4.78 is 1.16. The Bertz CT molecular complexity index is 280. The summed E-state index contributed by atoms with van der Waals surface area (Å²) in [5, 5.41) is 5.30. The van der Waals surface area contributed by atoms with Gasteiger partial charge in [0.25, 0.3) is 0 Å². The first-order valence-corrected chi connectivity index (χ1v) is 5.39. The van der Waals surface area contributed by atoms with E-state index in [2.05, 4.69) is 39.3 Å². The Kier molecular flexibility index (Phi) is 3.50. The Balaban J connectivity index is 2.94. The molecule has 0 aromatic carbocycles. The van der Waals surface area contributed by atoms with Crippen LogP contribution in [0.25, 0.3) is 0 Å². The van der Waals surface area contributed by atoms with Crippen molar-refractivity contribution in [3.63, 3.8) is 0 Å². The average molecular weight is 246 g/mol. The SMILES string of the molecule is C=C(C)C(NC)c1sccc1Br. The van der Waals surface area contributed by atoms with E-state index in [0.29, 0.717) is 0 Å². The van der Waals surface area contributed by atoms with Crippen molar-refractivity contribution in [3.05, 3.63) is 32.9 Å². The highest BCUT2D eigenvalue weighted by Crippen LogP contribution is 2.31. The standard InChI is InChI=1S/C9H12BrNS/c1-6(2)8(11-3)9-7(10)4-5-12-9/h4-5,8,11H,1H2,2-3H3.